The van der Waals surface area contributed by atoms with E-state index in [1.807, 2.05) is 39.0 Å². The lowest BCUT2D eigenvalue weighted by molar-refractivity contribution is 0.0188. The van der Waals surface area contributed by atoms with Crippen LogP contribution in [0.5, 0.6) is 0 Å². The summed E-state index contributed by atoms with van der Waals surface area (Å²) in [5, 5.41) is 4.57. The fraction of sp³-hybridized carbons (Fsp3) is 0.500. The van der Waals surface area contributed by atoms with Crippen molar-refractivity contribution in [3.8, 4) is 0 Å². The number of nitrogens with zero attached hydrogens (tertiary/aromatic N) is 1. The number of furan rings is 1. The van der Waals surface area contributed by atoms with Gasteiger partial charge < -0.3 is 19.4 Å². The van der Waals surface area contributed by atoms with Crippen LogP contribution in [-0.2, 0) is 4.74 Å². The van der Waals surface area contributed by atoms with Crippen LogP contribution in [0, 0.1) is 6.92 Å². The molecule has 0 aliphatic carbocycles. The lowest BCUT2D eigenvalue weighted by Gasteiger charge is -2.34. The molecule has 5 nitrogen and oxygen atoms in total. The van der Waals surface area contributed by atoms with Crippen LogP contribution in [0.25, 0.3) is 11.0 Å². The van der Waals surface area contributed by atoms with Crippen LogP contribution in [0.15, 0.2) is 28.7 Å². The third-order valence-electron chi connectivity index (χ3n) is 4.02. The third kappa shape index (κ3) is 3.34. The van der Waals surface area contributed by atoms with Gasteiger partial charge in [0.2, 0.25) is 0 Å². The molecule has 1 saturated heterocycles. The Morgan fingerprint density at radius 3 is 2.78 bits per heavy atom. The van der Waals surface area contributed by atoms with Gasteiger partial charge in [-0.2, -0.15) is 0 Å². The summed E-state index contributed by atoms with van der Waals surface area (Å²) in [5.74, 6) is 0.902. The first-order valence-corrected chi connectivity index (χ1v) is 8.04. The maximum absolute atomic E-state index is 12.3. The summed E-state index contributed by atoms with van der Waals surface area (Å²) in [4.78, 5) is 14.0. The molecule has 2 aromatic rings. The van der Waals surface area contributed by atoms with Crippen molar-refractivity contribution < 1.29 is 13.9 Å². The molecule has 0 spiro atoms. The highest BCUT2D eigenvalue weighted by Crippen LogP contribution is 2.30. The van der Waals surface area contributed by atoms with Crippen LogP contribution in [0.2, 0.25) is 0 Å². The highest BCUT2D eigenvalue weighted by Gasteiger charge is 2.30. The zero-order chi connectivity index (χ0) is 16.6. The normalized spacial score (nSPS) is 19.1. The summed E-state index contributed by atoms with van der Waals surface area (Å²) in [6.07, 6.45) is -0.266. The van der Waals surface area contributed by atoms with E-state index in [2.05, 4.69) is 18.3 Å². The molecule has 1 aliphatic rings. The van der Waals surface area contributed by atoms with Gasteiger partial charge in [0.15, 0.2) is 0 Å². The summed E-state index contributed by atoms with van der Waals surface area (Å²) in [7, 11) is 0. The first kappa shape index (κ1) is 15.9. The fourth-order valence-corrected chi connectivity index (χ4v) is 2.94. The van der Waals surface area contributed by atoms with Crippen LogP contribution < -0.4 is 5.32 Å². The fourth-order valence-electron chi connectivity index (χ4n) is 2.94. The monoisotopic (exact) mass is 316 g/mol. The number of fused-ring (bicyclic) bond motifs is 1. The molecular weight excluding hydrogens is 292 g/mol. The Morgan fingerprint density at radius 1 is 1.35 bits per heavy atom. The van der Waals surface area contributed by atoms with E-state index in [1.165, 1.54) is 0 Å². The molecule has 1 aromatic carbocycles. The number of hydrogen-bond acceptors (Lipinski definition) is 4. The summed E-state index contributed by atoms with van der Waals surface area (Å²) < 4.78 is 11.5. The smallest absolute Gasteiger partial charge is 0.410 e. The van der Waals surface area contributed by atoms with Gasteiger partial charge in [-0.05, 0) is 33.8 Å². The van der Waals surface area contributed by atoms with Gasteiger partial charge >= 0.3 is 6.09 Å². The number of benzene rings is 1. The molecule has 0 saturated carbocycles. The zero-order valence-electron chi connectivity index (χ0n) is 14.2. The molecule has 5 heteroatoms. The largest absolute Gasteiger partial charge is 0.459 e. The lowest BCUT2D eigenvalue weighted by atomic mass is 10.1. The van der Waals surface area contributed by atoms with Crippen molar-refractivity contribution in [2.24, 2.45) is 0 Å². The average molecular weight is 316 g/mol. The molecule has 1 aromatic heterocycles. The van der Waals surface area contributed by atoms with E-state index >= 15 is 0 Å². The summed E-state index contributed by atoms with van der Waals surface area (Å²) in [6, 6.07) is 8.00. The molecule has 23 heavy (non-hydrogen) atoms. The van der Waals surface area contributed by atoms with Crippen molar-refractivity contribution in [2.75, 3.05) is 19.6 Å². The second-order valence-electron chi connectivity index (χ2n) is 7.02. The minimum atomic E-state index is -0.479. The van der Waals surface area contributed by atoms with E-state index in [1.54, 1.807) is 4.90 Å². The lowest BCUT2D eigenvalue weighted by Crippen LogP contribution is -2.49. The van der Waals surface area contributed by atoms with E-state index in [4.69, 9.17) is 9.15 Å². The number of carbonyl (C=O) groups excluding carboxylic acids is 1. The number of para-hydroxylation sites is 1. The number of rotatable bonds is 1. The van der Waals surface area contributed by atoms with Gasteiger partial charge in [0.25, 0.3) is 0 Å². The Morgan fingerprint density at radius 2 is 2.09 bits per heavy atom. The summed E-state index contributed by atoms with van der Waals surface area (Å²) in [6.45, 7) is 9.63. The Hall–Kier alpha value is -2.01. The molecule has 1 fully saturated rings. The maximum Gasteiger partial charge on any atom is 0.410 e. The molecule has 1 amide bonds. The average Bonchev–Trinajstić information content (AvgIpc) is 2.83. The highest BCUT2D eigenvalue weighted by atomic mass is 16.6. The van der Waals surface area contributed by atoms with E-state index in [9.17, 15) is 4.79 Å². The van der Waals surface area contributed by atoms with E-state index < -0.39 is 5.60 Å². The first-order chi connectivity index (χ1) is 10.8. The Kier molecular flexibility index (Phi) is 4.06. The minimum Gasteiger partial charge on any atom is -0.459 e. The van der Waals surface area contributed by atoms with E-state index in [0.717, 1.165) is 28.8 Å². The molecule has 124 valence electrons. The highest BCUT2D eigenvalue weighted by molar-refractivity contribution is 5.82. The number of ether oxygens (including phenoxy) is 1. The number of aryl methyl sites for hydroxylation is 1. The number of carbonyl (C=O) groups is 1. The maximum atomic E-state index is 12.3. The van der Waals surface area contributed by atoms with Crippen molar-refractivity contribution in [1.82, 2.24) is 10.2 Å². The SMILES string of the molecule is Cc1c(C2CN(C(=O)OC(C)(C)C)CCN2)oc2ccccc12. The second kappa shape index (κ2) is 5.89. The molecule has 2 heterocycles. The van der Waals surface area contributed by atoms with Gasteiger partial charge in [-0.3, -0.25) is 0 Å². The van der Waals surface area contributed by atoms with E-state index in [0.29, 0.717) is 13.1 Å². The van der Waals surface area contributed by atoms with Crippen LogP contribution >= 0.6 is 0 Å². The molecule has 1 aliphatic heterocycles. The molecular formula is C18H24N2O3. The number of amides is 1. The van der Waals surface area contributed by atoms with Crippen LogP contribution in [0.4, 0.5) is 4.79 Å². The molecule has 1 unspecified atom stereocenters. The van der Waals surface area contributed by atoms with Crippen LogP contribution in [0.3, 0.4) is 0 Å². The minimum absolute atomic E-state index is 0.0105. The van der Waals surface area contributed by atoms with Crippen molar-refractivity contribution in [3.05, 3.63) is 35.6 Å². The first-order valence-electron chi connectivity index (χ1n) is 8.04. The van der Waals surface area contributed by atoms with Gasteiger partial charge in [-0.1, -0.05) is 18.2 Å². The van der Waals surface area contributed by atoms with Crippen molar-refractivity contribution in [1.29, 1.82) is 0 Å². The quantitative estimate of drug-likeness (QED) is 0.873. The zero-order valence-corrected chi connectivity index (χ0v) is 14.2. The van der Waals surface area contributed by atoms with Crippen LogP contribution in [0.1, 0.15) is 38.1 Å². The Bertz CT molecular complexity index is 715. The molecule has 0 radical (unpaired) electrons. The number of nitrogens with one attached hydrogen (secondary N) is 1. The second-order valence-corrected chi connectivity index (χ2v) is 7.02. The van der Waals surface area contributed by atoms with E-state index in [-0.39, 0.29) is 12.1 Å². The molecule has 0 bridgehead atoms. The van der Waals surface area contributed by atoms with Crippen molar-refractivity contribution in [3.63, 3.8) is 0 Å². The molecule has 1 atom stereocenters. The molecule has 1 N–H and O–H groups in total. The predicted molar refractivity (Wildman–Crippen MR) is 89.5 cm³/mol. The standard InChI is InChI=1S/C18H24N2O3/c1-12-13-7-5-6-8-15(13)22-16(12)14-11-20(10-9-19-14)17(21)23-18(2,3)4/h5-8,14,19H,9-11H2,1-4H3. The van der Waals surface area contributed by atoms with Gasteiger partial charge in [-0.25, -0.2) is 4.79 Å². The van der Waals surface area contributed by atoms with Gasteiger partial charge in [0.1, 0.15) is 16.9 Å². The third-order valence-corrected chi connectivity index (χ3v) is 4.02. The van der Waals surface area contributed by atoms with Gasteiger partial charge in [-0.15, -0.1) is 0 Å². The number of piperazine rings is 1. The summed E-state index contributed by atoms with van der Waals surface area (Å²) in [5.41, 5.74) is 1.53. The van der Waals surface area contributed by atoms with Crippen molar-refractivity contribution in [2.45, 2.75) is 39.3 Å². The molecule has 3 rings (SSSR count). The Balaban J connectivity index is 1.80. The van der Waals surface area contributed by atoms with Crippen LogP contribution in [-0.4, -0.2) is 36.2 Å². The van der Waals surface area contributed by atoms with Gasteiger partial charge in [0.05, 0.1) is 6.04 Å². The number of hydrogen-bond donors (Lipinski definition) is 1. The summed E-state index contributed by atoms with van der Waals surface area (Å²) >= 11 is 0. The predicted octanol–water partition coefficient (Wildman–Crippen LogP) is 3.62. The van der Waals surface area contributed by atoms with Crippen molar-refractivity contribution >= 4 is 17.1 Å². The van der Waals surface area contributed by atoms with Gasteiger partial charge in [0, 0.05) is 30.6 Å². The Labute approximate surface area is 136 Å². The topological polar surface area (TPSA) is 54.7 Å².